The Balaban J connectivity index is 1.81. The van der Waals surface area contributed by atoms with Gasteiger partial charge in [-0.1, -0.05) is 19.1 Å². The van der Waals surface area contributed by atoms with Crippen LogP contribution in [0.15, 0.2) is 24.3 Å². The van der Waals surface area contributed by atoms with Crippen molar-refractivity contribution >= 4 is 0 Å². The summed E-state index contributed by atoms with van der Waals surface area (Å²) in [6.07, 6.45) is 1.86. The van der Waals surface area contributed by atoms with E-state index in [9.17, 15) is 5.11 Å². The lowest BCUT2D eigenvalue weighted by molar-refractivity contribution is 0.124. The molecule has 1 aliphatic rings. The number of aliphatic hydroxyl groups is 1. The molecule has 2 rings (SSSR count). The highest BCUT2D eigenvalue weighted by Crippen LogP contribution is 2.31. The van der Waals surface area contributed by atoms with Crippen LogP contribution in [-0.4, -0.2) is 45.1 Å². The average Bonchev–Trinajstić information content (AvgIpc) is 2.96. The SMILES string of the molecule is COc1ccc(C(C)CNCC2(CCO)CCOC2)cc1. The third kappa shape index (κ3) is 4.43. The van der Waals surface area contributed by atoms with Crippen LogP contribution < -0.4 is 10.1 Å². The maximum Gasteiger partial charge on any atom is 0.118 e. The smallest absolute Gasteiger partial charge is 0.118 e. The highest BCUT2D eigenvalue weighted by atomic mass is 16.5. The monoisotopic (exact) mass is 293 g/mol. The van der Waals surface area contributed by atoms with E-state index >= 15 is 0 Å². The van der Waals surface area contributed by atoms with Crippen molar-refractivity contribution in [1.82, 2.24) is 5.32 Å². The van der Waals surface area contributed by atoms with Gasteiger partial charge in [-0.25, -0.2) is 0 Å². The highest BCUT2D eigenvalue weighted by molar-refractivity contribution is 5.29. The van der Waals surface area contributed by atoms with Crippen LogP contribution in [0.3, 0.4) is 0 Å². The summed E-state index contributed by atoms with van der Waals surface area (Å²) < 4.78 is 10.7. The van der Waals surface area contributed by atoms with Gasteiger partial charge in [-0.3, -0.25) is 0 Å². The first-order valence-electron chi connectivity index (χ1n) is 7.72. The van der Waals surface area contributed by atoms with Crippen LogP contribution in [0.25, 0.3) is 0 Å². The zero-order chi connectivity index (χ0) is 15.1. The predicted molar refractivity (Wildman–Crippen MR) is 83.9 cm³/mol. The van der Waals surface area contributed by atoms with Crippen LogP contribution >= 0.6 is 0 Å². The van der Waals surface area contributed by atoms with Crippen molar-refractivity contribution in [2.24, 2.45) is 5.41 Å². The molecule has 21 heavy (non-hydrogen) atoms. The lowest BCUT2D eigenvalue weighted by Crippen LogP contribution is -2.37. The minimum atomic E-state index is 0.119. The van der Waals surface area contributed by atoms with E-state index in [1.54, 1.807) is 7.11 Å². The first kappa shape index (κ1) is 16.3. The number of hydrogen-bond acceptors (Lipinski definition) is 4. The molecule has 2 N–H and O–H groups in total. The van der Waals surface area contributed by atoms with Gasteiger partial charge in [0, 0.05) is 31.7 Å². The molecule has 118 valence electrons. The molecule has 1 aromatic carbocycles. The zero-order valence-electron chi connectivity index (χ0n) is 13.1. The Bertz CT molecular complexity index is 413. The molecule has 1 saturated heterocycles. The van der Waals surface area contributed by atoms with Gasteiger partial charge in [0.2, 0.25) is 0 Å². The molecule has 0 aliphatic carbocycles. The molecule has 1 fully saturated rings. The minimum Gasteiger partial charge on any atom is -0.497 e. The van der Waals surface area contributed by atoms with E-state index in [2.05, 4.69) is 24.4 Å². The van der Waals surface area contributed by atoms with Crippen LogP contribution in [0.2, 0.25) is 0 Å². The summed E-state index contributed by atoms with van der Waals surface area (Å²) >= 11 is 0. The number of benzene rings is 1. The van der Waals surface area contributed by atoms with Crippen LogP contribution in [0.5, 0.6) is 5.75 Å². The van der Waals surface area contributed by atoms with Gasteiger partial charge in [-0.2, -0.15) is 0 Å². The quantitative estimate of drug-likeness (QED) is 0.771. The van der Waals surface area contributed by atoms with Gasteiger partial charge in [0.25, 0.3) is 0 Å². The van der Waals surface area contributed by atoms with Gasteiger partial charge in [-0.15, -0.1) is 0 Å². The Morgan fingerprint density at radius 3 is 2.71 bits per heavy atom. The Labute approximate surface area is 127 Å². The van der Waals surface area contributed by atoms with Gasteiger partial charge in [0.1, 0.15) is 5.75 Å². The maximum atomic E-state index is 9.23. The summed E-state index contributed by atoms with van der Waals surface area (Å²) in [5.41, 5.74) is 1.43. The van der Waals surface area contributed by atoms with E-state index in [0.29, 0.717) is 5.92 Å². The largest absolute Gasteiger partial charge is 0.497 e. The fourth-order valence-electron chi connectivity index (χ4n) is 2.92. The van der Waals surface area contributed by atoms with E-state index in [4.69, 9.17) is 9.47 Å². The van der Waals surface area contributed by atoms with E-state index in [1.165, 1.54) is 5.56 Å². The van der Waals surface area contributed by atoms with Crippen molar-refractivity contribution in [2.45, 2.75) is 25.7 Å². The van der Waals surface area contributed by atoms with Crippen molar-refractivity contribution in [3.63, 3.8) is 0 Å². The molecular weight excluding hydrogens is 266 g/mol. The molecule has 4 heteroatoms. The zero-order valence-corrected chi connectivity index (χ0v) is 13.1. The first-order valence-corrected chi connectivity index (χ1v) is 7.72. The van der Waals surface area contributed by atoms with Crippen LogP contribution in [0.1, 0.15) is 31.2 Å². The van der Waals surface area contributed by atoms with Crippen molar-refractivity contribution in [1.29, 1.82) is 0 Å². The minimum absolute atomic E-state index is 0.119. The normalized spacial score (nSPS) is 23.2. The van der Waals surface area contributed by atoms with Crippen molar-refractivity contribution in [2.75, 3.05) is 40.0 Å². The fraction of sp³-hybridized carbons (Fsp3) is 0.647. The fourth-order valence-corrected chi connectivity index (χ4v) is 2.92. The number of ether oxygens (including phenoxy) is 2. The molecule has 1 heterocycles. The van der Waals surface area contributed by atoms with Crippen LogP contribution in [0.4, 0.5) is 0 Å². The lowest BCUT2D eigenvalue weighted by Gasteiger charge is -2.27. The topological polar surface area (TPSA) is 50.7 Å². The predicted octanol–water partition coefficient (Wildman–Crippen LogP) is 2.18. The molecule has 2 atom stereocenters. The molecular formula is C17H27NO3. The second-order valence-electron chi connectivity index (χ2n) is 6.08. The van der Waals surface area contributed by atoms with E-state index in [-0.39, 0.29) is 12.0 Å². The second-order valence-corrected chi connectivity index (χ2v) is 6.08. The van der Waals surface area contributed by atoms with E-state index in [1.807, 2.05) is 12.1 Å². The molecule has 0 amide bonds. The molecule has 1 aliphatic heterocycles. The number of rotatable bonds is 8. The van der Waals surface area contributed by atoms with Crippen molar-refractivity contribution in [3.05, 3.63) is 29.8 Å². The molecule has 0 spiro atoms. The molecule has 0 bridgehead atoms. The Hall–Kier alpha value is -1.10. The highest BCUT2D eigenvalue weighted by Gasteiger charge is 2.33. The van der Waals surface area contributed by atoms with Crippen LogP contribution in [0, 0.1) is 5.41 Å². The van der Waals surface area contributed by atoms with Crippen LogP contribution in [-0.2, 0) is 4.74 Å². The second kappa shape index (κ2) is 7.78. The number of hydrogen-bond donors (Lipinski definition) is 2. The summed E-state index contributed by atoms with van der Waals surface area (Å²) in [5, 5.41) is 12.8. The number of nitrogens with one attached hydrogen (secondary N) is 1. The Morgan fingerprint density at radius 2 is 2.14 bits per heavy atom. The molecule has 0 radical (unpaired) electrons. The van der Waals surface area contributed by atoms with Gasteiger partial charge in [-0.05, 0) is 36.5 Å². The third-order valence-electron chi connectivity index (χ3n) is 4.46. The summed E-state index contributed by atoms with van der Waals surface area (Å²) in [4.78, 5) is 0. The van der Waals surface area contributed by atoms with E-state index in [0.717, 1.165) is 44.9 Å². The van der Waals surface area contributed by atoms with Gasteiger partial charge < -0.3 is 19.9 Å². The third-order valence-corrected chi connectivity index (χ3v) is 4.46. The standard InChI is InChI=1S/C17H27NO3/c1-14(15-3-5-16(20-2)6-4-15)11-18-12-17(7-9-19)8-10-21-13-17/h3-6,14,18-19H,7-13H2,1-2H3. The molecule has 2 unspecified atom stereocenters. The lowest BCUT2D eigenvalue weighted by atomic mass is 9.84. The number of aliphatic hydroxyl groups excluding tert-OH is 1. The van der Waals surface area contributed by atoms with Crippen molar-refractivity contribution < 1.29 is 14.6 Å². The summed E-state index contributed by atoms with van der Waals surface area (Å²) in [6, 6.07) is 8.24. The Morgan fingerprint density at radius 1 is 1.38 bits per heavy atom. The van der Waals surface area contributed by atoms with Gasteiger partial charge in [0.05, 0.1) is 13.7 Å². The summed E-state index contributed by atoms with van der Waals surface area (Å²) in [6.45, 7) is 5.87. The van der Waals surface area contributed by atoms with E-state index < -0.39 is 0 Å². The molecule has 1 aromatic rings. The Kier molecular flexibility index (Phi) is 6.03. The molecule has 0 saturated carbocycles. The van der Waals surface area contributed by atoms with Crippen molar-refractivity contribution in [3.8, 4) is 5.75 Å². The maximum absolute atomic E-state index is 9.23. The average molecular weight is 293 g/mol. The summed E-state index contributed by atoms with van der Waals surface area (Å²) in [7, 11) is 1.68. The number of methoxy groups -OCH3 is 1. The summed E-state index contributed by atoms with van der Waals surface area (Å²) in [5.74, 6) is 1.34. The van der Waals surface area contributed by atoms with Gasteiger partial charge in [0.15, 0.2) is 0 Å². The molecule has 0 aromatic heterocycles. The molecule has 4 nitrogen and oxygen atoms in total. The van der Waals surface area contributed by atoms with Gasteiger partial charge >= 0.3 is 0 Å². The first-order chi connectivity index (χ1) is 10.2.